The molecule has 0 radical (unpaired) electrons. The lowest BCUT2D eigenvalue weighted by Gasteiger charge is -2.41. The van der Waals surface area contributed by atoms with E-state index in [-0.39, 0.29) is 35.4 Å². The molecule has 4 fully saturated rings. The van der Waals surface area contributed by atoms with E-state index in [1.165, 1.54) is 4.90 Å². The number of hydrogen-bond donors (Lipinski definition) is 1. The fourth-order valence-corrected chi connectivity index (χ4v) is 4.71. The van der Waals surface area contributed by atoms with Crippen molar-refractivity contribution in [2.45, 2.75) is 19.3 Å². The van der Waals surface area contributed by atoms with Crippen LogP contribution in [0.3, 0.4) is 0 Å². The molecule has 2 bridgehead atoms. The van der Waals surface area contributed by atoms with Crippen molar-refractivity contribution in [3.05, 3.63) is 24.4 Å². The Morgan fingerprint density at radius 3 is 2.74 bits per heavy atom. The Morgan fingerprint density at radius 1 is 1.09 bits per heavy atom. The Balaban J connectivity index is 1.60. The molecule has 2 heterocycles. The quantitative estimate of drug-likeness (QED) is 0.812. The average molecular weight is 309 g/mol. The summed E-state index contributed by atoms with van der Waals surface area (Å²) in [4.78, 5) is 39.2. The Hall–Kier alpha value is -2.50. The van der Waals surface area contributed by atoms with Crippen molar-refractivity contribution in [1.82, 2.24) is 10.2 Å². The first-order valence-corrected chi connectivity index (χ1v) is 7.99. The summed E-state index contributed by atoms with van der Waals surface area (Å²) in [5, 5.41) is 7.68. The molecule has 6 rings (SSSR count). The molecule has 3 saturated carbocycles. The van der Waals surface area contributed by atoms with Crippen LogP contribution in [0.1, 0.15) is 19.3 Å². The minimum Gasteiger partial charge on any atom is -0.299 e. The molecule has 1 aliphatic heterocycles. The van der Waals surface area contributed by atoms with Gasteiger partial charge >= 0.3 is 0 Å². The van der Waals surface area contributed by atoms with E-state index in [1.807, 2.05) is 6.07 Å². The fourth-order valence-electron chi connectivity index (χ4n) is 4.71. The zero-order valence-corrected chi connectivity index (χ0v) is 12.4. The summed E-state index contributed by atoms with van der Waals surface area (Å²) < 4.78 is 0. The second-order valence-electron chi connectivity index (χ2n) is 6.82. The van der Waals surface area contributed by atoms with Crippen molar-refractivity contribution in [3.63, 3.8) is 0 Å². The summed E-state index contributed by atoms with van der Waals surface area (Å²) in [7, 11) is 0. The Labute approximate surface area is 131 Å². The number of ketones is 1. The molecule has 116 valence electrons. The zero-order valence-electron chi connectivity index (χ0n) is 12.4. The van der Waals surface area contributed by atoms with Gasteiger partial charge < -0.3 is 0 Å². The number of hydrogen-bond acceptors (Lipinski definition) is 4. The minimum absolute atomic E-state index is 0.0385. The number of amides is 2. The number of rotatable bonds is 1. The van der Waals surface area contributed by atoms with E-state index in [0.29, 0.717) is 12.1 Å². The summed E-state index contributed by atoms with van der Waals surface area (Å²) in [6.45, 7) is 0. The predicted molar refractivity (Wildman–Crippen MR) is 81.4 cm³/mol. The van der Waals surface area contributed by atoms with Gasteiger partial charge in [-0.3, -0.25) is 24.4 Å². The molecule has 4 atom stereocenters. The molecule has 1 N–H and O–H groups in total. The molecule has 6 nitrogen and oxygen atoms in total. The van der Waals surface area contributed by atoms with E-state index in [2.05, 4.69) is 10.2 Å². The van der Waals surface area contributed by atoms with E-state index >= 15 is 0 Å². The highest BCUT2D eigenvalue weighted by atomic mass is 16.2. The Kier molecular flexibility index (Phi) is 2.42. The van der Waals surface area contributed by atoms with Crippen molar-refractivity contribution >= 4 is 34.2 Å². The normalized spacial score (nSPS) is 32.9. The third-order valence-electron chi connectivity index (χ3n) is 5.75. The monoisotopic (exact) mass is 309 g/mol. The minimum atomic E-state index is -0.442. The van der Waals surface area contributed by atoms with Gasteiger partial charge in [0.2, 0.25) is 11.8 Å². The molecule has 0 spiro atoms. The number of fused-ring (bicyclic) bond motifs is 3. The van der Waals surface area contributed by atoms with Gasteiger partial charge in [0.15, 0.2) is 0 Å². The van der Waals surface area contributed by atoms with E-state index in [0.717, 1.165) is 23.7 Å². The molecule has 1 aromatic carbocycles. The van der Waals surface area contributed by atoms with Crippen LogP contribution >= 0.6 is 0 Å². The van der Waals surface area contributed by atoms with Gasteiger partial charge in [0.25, 0.3) is 0 Å². The lowest BCUT2D eigenvalue weighted by molar-refractivity contribution is -0.143. The maximum absolute atomic E-state index is 12.9. The molecule has 3 aliphatic carbocycles. The Morgan fingerprint density at radius 2 is 1.91 bits per heavy atom. The van der Waals surface area contributed by atoms with Crippen LogP contribution in [0.5, 0.6) is 0 Å². The van der Waals surface area contributed by atoms with Gasteiger partial charge in [-0.15, -0.1) is 0 Å². The van der Waals surface area contributed by atoms with Crippen molar-refractivity contribution in [3.8, 4) is 0 Å². The van der Waals surface area contributed by atoms with Crippen LogP contribution in [0, 0.1) is 23.7 Å². The molecule has 2 aromatic rings. The largest absolute Gasteiger partial charge is 0.299 e. The summed E-state index contributed by atoms with van der Waals surface area (Å²) >= 11 is 0. The maximum atomic E-state index is 12.9. The highest BCUT2D eigenvalue weighted by Crippen LogP contribution is 2.52. The molecular formula is C17H15N3O3. The van der Waals surface area contributed by atoms with Gasteiger partial charge in [-0.25, -0.2) is 0 Å². The van der Waals surface area contributed by atoms with Gasteiger partial charge in [0.1, 0.15) is 5.78 Å². The molecule has 23 heavy (non-hydrogen) atoms. The second kappa shape index (κ2) is 4.28. The number of H-pyrrole nitrogens is 1. The summed E-state index contributed by atoms with van der Waals surface area (Å²) in [6, 6.07) is 5.38. The number of anilines is 1. The highest BCUT2D eigenvalue weighted by molar-refractivity contribution is 6.24. The van der Waals surface area contributed by atoms with Crippen molar-refractivity contribution in [2.75, 3.05) is 4.90 Å². The van der Waals surface area contributed by atoms with E-state index in [1.54, 1.807) is 18.3 Å². The first-order valence-electron chi connectivity index (χ1n) is 7.99. The first kappa shape index (κ1) is 13.0. The summed E-state index contributed by atoms with van der Waals surface area (Å²) in [5.74, 6) is -1.14. The van der Waals surface area contributed by atoms with E-state index in [4.69, 9.17) is 0 Å². The molecule has 2 amide bonds. The molecular weight excluding hydrogens is 294 g/mol. The Bertz CT molecular complexity index is 871. The van der Waals surface area contributed by atoms with Gasteiger partial charge in [0.05, 0.1) is 29.2 Å². The fraction of sp³-hybridized carbons (Fsp3) is 0.412. The van der Waals surface area contributed by atoms with Crippen LogP contribution in [0.2, 0.25) is 0 Å². The van der Waals surface area contributed by atoms with Crippen LogP contribution in [-0.2, 0) is 14.4 Å². The number of aromatic amines is 1. The van der Waals surface area contributed by atoms with Crippen LogP contribution in [-0.4, -0.2) is 27.8 Å². The summed E-state index contributed by atoms with van der Waals surface area (Å²) in [6.07, 6.45) is 3.76. The molecule has 1 aromatic heterocycles. The van der Waals surface area contributed by atoms with Gasteiger partial charge in [-0.2, -0.15) is 5.10 Å². The number of nitrogens with zero attached hydrogens (tertiary/aromatic N) is 2. The smallest absolute Gasteiger partial charge is 0.238 e. The molecule has 6 heteroatoms. The second-order valence-corrected chi connectivity index (χ2v) is 6.82. The van der Waals surface area contributed by atoms with Crippen molar-refractivity contribution in [1.29, 1.82) is 0 Å². The maximum Gasteiger partial charge on any atom is 0.238 e. The summed E-state index contributed by atoms with van der Waals surface area (Å²) in [5.41, 5.74) is 1.44. The van der Waals surface area contributed by atoms with E-state index < -0.39 is 5.92 Å². The van der Waals surface area contributed by atoms with Gasteiger partial charge in [-0.1, -0.05) is 0 Å². The number of Topliss-reactive ketones (excluding diaryl/α,β-unsaturated/α-hetero) is 1. The first-order chi connectivity index (χ1) is 11.1. The lowest BCUT2D eigenvalue weighted by atomic mass is 9.59. The average Bonchev–Trinajstić information content (AvgIpc) is 3.11. The number of aromatic nitrogens is 2. The lowest BCUT2D eigenvalue weighted by Crippen LogP contribution is -2.46. The van der Waals surface area contributed by atoms with Crippen molar-refractivity contribution in [2.24, 2.45) is 23.7 Å². The zero-order chi connectivity index (χ0) is 15.7. The molecule has 4 aliphatic rings. The SMILES string of the molecule is O=C1C[C@@H]2CC[C@H]1[C@@H]1C(=O)N(c3ccc4[nH]ncc4c3)C(=O)[C@H]21. The molecule has 0 unspecified atom stereocenters. The number of carbonyl (C=O) groups excluding carboxylic acids is 3. The number of nitrogens with one attached hydrogen (secondary N) is 1. The number of imide groups is 1. The topological polar surface area (TPSA) is 83.1 Å². The van der Waals surface area contributed by atoms with Gasteiger partial charge in [0, 0.05) is 17.7 Å². The highest BCUT2D eigenvalue weighted by Gasteiger charge is 2.60. The number of carbonyl (C=O) groups is 3. The predicted octanol–water partition coefficient (Wildman–Crippen LogP) is 1.67. The third-order valence-corrected chi connectivity index (χ3v) is 5.75. The van der Waals surface area contributed by atoms with Gasteiger partial charge in [-0.05, 0) is 37.0 Å². The third kappa shape index (κ3) is 1.58. The van der Waals surface area contributed by atoms with Crippen LogP contribution in [0.15, 0.2) is 24.4 Å². The van der Waals surface area contributed by atoms with E-state index in [9.17, 15) is 14.4 Å². The standard InChI is InChI=1S/C17H15N3O3/c21-13-6-8-1-3-11(13)15-14(8)16(22)20(17(15)23)10-2-4-12-9(5-10)7-18-19-12/h2,4-5,7-8,11,14-15H,1,3,6H2,(H,18,19)/t8-,11+,14+,15-/m0/s1. The van der Waals surface area contributed by atoms with Crippen LogP contribution in [0.25, 0.3) is 10.9 Å². The molecule has 1 saturated heterocycles. The van der Waals surface area contributed by atoms with Crippen LogP contribution < -0.4 is 4.90 Å². The number of benzene rings is 1. The van der Waals surface area contributed by atoms with Crippen molar-refractivity contribution < 1.29 is 14.4 Å². The van der Waals surface area contributed by atoms with Crippen LogP contribution in [0.4, 0.5) is 5.69 Å².